The Morgan fingerprint density at radius 1 is 0.897 bits per heavy atom. The molecule has 0 radical (unpaired) electrons. The highest BCUT2D eigenvalue weighted by atomic mass is 16.7. The smallest absolute Gasteiger partial charge is 0.255 e. The van der Waals surface area contributed by atoms with Crippen molar-refractivity contribution in [3.05, 3.63) is 53.6 Å². The van der Waals surface area contributed by atoms with E-state index in [1.165, 1.54) is 0 Å². The minimum absolute atomic E-state index is 0.152. The van der Waals surface area contributed by atoms with Crippen LogP contribution in [0.3, 0.4) is 0 Å². The molecular formula is C21H23N3O5. The van der Waals surface area contributed by atoms with Crippen LogP contribution in [0.5, 0.6) is 11.5 Å². The number of anilines is 1. The van der Waals surface area contributed by atoms with Crippen LogP contribution in [0, 0.1) is 0 Å². The number of fused-ring (bicyclic) bond motifs is 1. The number of rotatable bonds is 6. The monoisotopic (exact) mass is 397 g/mol. The Labute approximate surface area is 168 Å². The summed E-state index contributed by atoms with van der Waals surface area (Å²) in [5, 5.41) is 5.73. The standard InChI is InChI=1S/C21H23N3O5/c25-20(22-7-8-24-9-11-27-12-10-24)15-1-3-16(4-2-15)21(26)23-17-5-6-18-19(13-17)29-14-28-18/h1-6,13H,7-12,14H2,(H,22,25)(H,23,26). The highest BCUT2D eigenvalue weighted by molar-refractivity contribution is 6.05. The number of amides is 2. The normalized spacial score (nSPS) is 15.7. The average Bonchev–Trinajstić information content (AvgIpc) is 3.22. The molecule has 2 N–H and O–H groups in total. The number of nitrogens with one attached hydrogen (secondary N) is 2. The number of hydrogen-bond acceptors (Lipinski definition) is 6. The Kier molecular flexibility index (Phi) is 5.92. The molecular weight excluding hydrogens is 374 g/mol. The van der Waals surface area contributed by atoms with E-state index in [1.807, 2.05) is 0 Å². The van der Waals surface area contributed by atoms with Crippen LogP contribution in [0.4, 0.5) is 5.69 Å². The van der Waals surface area contributed by atoms with Crippen LogP contribution in [-0.4, -0.2) is 62.9 Å². The van der Waals surface area contributed by atoms with E-state index >= 15 is 0 Å². The summed E-state index contributed by atoms with van der Waals surface area (Å²) in [6, 6.07) is 11.8. The SMILES string of the molecule is O=C(NCCN1CCOCC1)c1ccc(C(=O)Nc2ccc3c(c2)OCO3)cc1. The van der Waals surface area contributed by atoms with Gasteiger partial charge in [-0.1, -0.05) is 0 Å². The molecule has 2 amide bonds. The number of carbonyl (C=O) groups excluding carboxylic acids is 2. The fraction of sp³-hybridized carbons (Fsp3) is 0.333. The lowest BCUT2D eigenvalue weighted by Gasteiger charge is -2.26. The van der Waals surface area contributed by atoms with Gasteiger partial charge in [0.2, 0.25) is 6.79 Å². The molecule has 0 spiro atoms. The van der Waals surface area contributed by atoms with Gasteiger partial charge in [0.15, 0.2) is 11.5 Å². The molecule has 0 aliphatic carbocycles. The first-order valence-electron chi connectivity index (χ1n) is 9.58. The van der Waals surface area contributed by atoms with Crippen molar-refractivity contribution in [1.29, 1.82) is 0 Å². The molecule has 0 saturated carbocycles. The minimum atomic E-state index is -0.261. The van der Waals surface area contributed by atoms with Gasteiger partial charge in [0.1, 0.15) is 0 Å². The molecule has 2 aromatic rings. The van der Waals surface area contributed by atoms with E-state index in [-0.39, 0.29) is 18.6 Å². The molecule has 2 aliphatic heterocycles. The lowest BCUT2D eigenvalue weighted by atomic mass is 10.1. The van der Waals surface area contributed by atoms with E-state index in [2.05, 4.69) is 15.5 Å². The molecule has 8 nitrogen and oxygen atoms in total. The van der Waals surface area contributed by atoms with Gasteiger partial charge >= 0.3 is 0 Å². The zero-order chi connectivity index (χ0) is 20.1. The summed E-state index contributed by atoms with van der Waals surface area (Å²) in [6.07, 6.45) is 0. The first-order valence-corrected chi connectivity index (χ1v) is 9.58. The third-order valence-electron chi connectivity index (χ3n) is 4.86. The van der Waals surface area contributed by atoms with Crippen LogP contribution in [-0.2, 0) is 4.74 Å². The van der Waals surface area contributed by atoms with E-state index in [0.29, 0.717) is 34.9 Å². The van der Waals surface area contributed by atoms with Gasteiger partial charge in [-0.25, -0.2) is 0 Å². The third-order valence-corrected chi connectivity index (χ3v) is 4.86. The fourth-order valence-electron chi connectivity index (χ4n) is 3.20. The largest absolute Gasteiger partial charge is 0.454 e. The summed E-state index contributed by atoms with van der Waals surface area (Å²) in [6.45, 7) is 4.82. The van der Waals surface area contributed by atoms with Gasteiger partial charge in [-0.3, -0.25) is 14.5 Å². The van der Waals surface area contributed by atoms with Crippen LogP contribution >= 0.6 is 0 Å². The van der Waals surface area contributed by atoms with Crippen molar-refractivity contribution in [2.24, 2.45) is 0 Å². The van der Waals surface area contributed by atoms with E-state index in [9.17, 15) is 9.59 Å². The molecule has 4 rings (SSSR count). The molecule has 1 saturated heterocycles. The molecule has 8 heteroatoms. The molecule has 1 fully saturated rings. The van der Waals surface area contributed by atoms with Gasteiger partial charge in [0, 0.05) is 49.1 Å². The summed E-state index contributed by atoms with van der Waals surface area (Å²) >= 11 is 0. The minimum Gasteiger partial charge on any atom is -0.454 e. The number of carbonyl (C=O) groups is 2. The summed E-state index contributed by atoms with van der Waals surface area (Å²) < 4.78 is 15.9. The first-order chi connectivity index (χ1) is 14.2. The van der Waals surface area contributed by atoms with Gasteiger partial charge in [0.05, 0.1) is 13.2 Å². The zero-order valence-corrected chi connectivity index (χ0v) is 16.0. The maximum absolute atomic E-state index is 12.4. The summed E-state index contributed by atoms with van der Waals surface area (Å²) in [5.74, 6) is 0.850. The maximum Gasteiger partial charge on any atom is 0.255 e. The Morgan fingerprint density at radius 3 is 2.34 bits per heavy atom. The van der Waals surface area contributed by atoms with Crippen LogP contribution in [0.1, 0.15) is 20.7 Å². The van der Waals surface area contributed by atoms with Gasteiger partial charge in [-0.15, -0.1) is 0 Å². The summed E-state index contributed by atoms with van der Waals surface area (Å²) in [4.78, 5) is 27.0. The molecule has 2 aliphatic rings. The van der Waals surface area contributed by atoms with Crippen molar-refractivity contribution < 1.29 is 23.8 Å². The number of hydrogen-bond donors (Lipinski definition) is 2. The number of ether oxygens (including phenoxy) is 3. The highest BCUT2D eigenvalue weighted by Crippen LogP contribution is 2.34. The lowest BCUT2D eigenvalue weighted by Crippen LogP contribution is -2.41. The van der Waals surface area contributed by atoms with Crippen molar-refractivity contribution in [3.8, 4) is 11.5 Å². The predicted octanol–water partition coefficient (Wildman–Crippen LogP) is 1.73. The van der Waals surface area contributed by atoms with Crippen LogP contribution < -0.4 is 20.1 Å². The molecule has 0 unspecified atom stereocenters. The molecule has 0 atom stereocenters. The van der Waals surface area contributed by atoms with Crippen LogP contribution in [0.15, 0.2) is 42.5 Å². The second-order valence-electron chi connectivity index (χ2n) is 6.81. The van der Waals surface area contributed by atoms with Crippen molar-refractivity contribution in [3.63, 3.8) is 0 Å². The molecule has 152 valence electrons. The topological polar surface area (TPSA) is 89.1 Å². The summed E-state index contributed by atoms with van der Waals surface area (Å²) in [7, 11) is 0. The Bertz CT molecular complexity index is 878. The highest BCUT2D eigenvalue weighted by Gasteiger charge is 2.15. The van der Waals surface area contributed by atoms with E-state index in [0.717, 1.165) is 32.8 Å². The van der Waals surface area contributed by atoms with Gasteiger partial charge < -0.3 is 24.8 Å². The fourth-order valence-corrected chi connectivity index (χ4v) is 3.20. The molecule has 2 heterocycles. The lowest BCUT2D eigenvalue weighted by molar-refractivity contribution is 0.0383. The Morgan fingerprint density at radius 2 is 1.59 bits per heavy atom. The van der Waals surface area contributed by atoms with Crippen LogP contribution in [0.2, 0.25) is 0 Å². The Hall–Kier alpha value is -3.10. The number of nitrogens with zero attached hydrogens (tertiary/aromatic N) is 1. The summed E-state index contributed by atoms with van der Waals surface area (Å²) in [5.41, 5.74) is 1.60. The third kappa shape index (κ3) is 4.85. The first kappa shape index (κ1) is 19.2. The molecule has 29 heavy (non-hydrogen) atoms. The maximum atomic E-state index is 12.4. The quantitative estimate of drug-likeness (QED) is 0.772. The van der Waals surface area contributed by atoms with Crippen LogP contribution in [0.25, 0.3) is 0 Å². The molecule has 2 aromatic carbocycles. The van der Waals surface area contributed by atoms with Crippen molar-refractivity contribution in [2.75, 3.05) is 51.5 Å². The van der Waals surface area contributed by atoms with Gasteiger partial charge in [0.25, 0.3) is 11.8 Å². The zero-order valence-electron chi connectivity index (χ0n) is 16.0. The Balaban J connectivity index is 1.28. The van der Waals surface area contributed by atoms with E-state index in [1.54, 1.807) is 42.5 Å². The van der Waals surface area contributed by atoms with Gasteiger partial charge in [-0.2, -0.15) is 0 Å². The van der Waals surface area contributed by atoms with Crippen molar-refractivity contribution in [2.45, 2.75) is 0 Å². The van der Waals surface area contributed by atoms with Crippen molar-refractivity contribution >= 4 is 17.5 Å². The second-order valence-corrected chi connectivity index (χ2v) is 6.81. The predicted molar refractivity (Wildman–Crippen MR) is 107 cm³/mol. The average molecular weight is 397 g/mol. The van der Waals surface area contributed by atoms with E-state index in [4.69, 9.17) is 14.2 Å². The molecule has 0 aromatic heterocycles. The van der Waals surface area contributed by atoms with Gasteiger partial charge in [-0.05, 0) is 36.4 Å². The van der Waals surface area contributed by atoms with Crippen molar-refractivity contribution in [1.82, 2.24) is 10.2 Å². The molecule has 0 bridgehead atoms. The van der Waals surface area contributed by atoms with E-state index < -0.39 is 0 Å². The second kappa shape index (κ2) is 8.93. The number of morpholine rings is 1. The number of benzene rings is 2.